The molecule has 0 spiro atoms. The van der Waals surface area contributed by atoms with Gasteiger partial charge in [-0.3, -0.25) is 0 Å². The average Bonchev–Trinajstić information content (AvgIpc) is 2.63. The molecular formula is C15H25N2O7+. The fraction of sp³-hybridized carbons (Fsp3) is 0.733. The van der Waals surface area contributed by atoms with Gasteiger partial charge < -0.3 is 10.1 Å². The molecule has 24 heavy (non-hydrogen) atoms. The number of quaternary nitrogens is 1. The lowest BCUT2D eigenvalue weighted by Gasteiger charge is -2.24. The second-order valence-corrected chi connectivity index (χ2v) is 7.10. The second-order valence-electron chi connectivity index (χ2n) is 7.10. The minimum Gasteiger partial charge on any atom is -0.444 e. The zero-order valence-electron chi connectivity index (χ0n) is 14.6. The first-order valence-corrected chi connectivity index (χ1v) is 7.76. The fourth-order valence-corrected chi connectivity index (χ4v) is 2.09. The lowest BCUT2D eigenvalue weighted by molar-refractivity contribution is -1.12. The monoisotopic (exact) mass is 345 g/mol. The van der Waals surface area contributed by atoms with Crippen molar-refractivity contribution in [3.63, 3.8) is 0 Å². The van der Waals surface area contributed by atoms with E-state index in [-0.39, 0.29) is 25.2 Å². The molecule has 0 unspecified atom stereocenters. The molecule has 1 aliphatic heterocycles. The van der Waals surface area contributed by atoms with Gasteiger partial charge in [0.15, 0.2) is 0 Å². The molecule has 0 aliphatic carbocycles. The van der Waals surface area contributed by atoms with Gasteiger partial charge in [-0.1, -0.05) is 13.8 Å². The molecule has 1 fully saturated rings. The van der Waals surface area contributed by atoms with Gasteiger partial charge in [0, 0.05) is 0 Å². The maximum atomic E-state index is 12.3. The van der Waals surface area contributed by atoms with E-state index in [4.69, 9.17) is 9.57 Å². The number of hydrogen-bond acceptors (Lipinski definition) is 7. The van der Waals surface area contributed by atoms with Crippen LogP contribution in [0.2, 0.25) is 0 Å². The molecule has 1 heterocycles. The van der Waals surface area contributed by atoms with Crippen molar-refractivity contribution in [2.45, 2.75) is 65.5 Å². The first-order chi connectivity index (χ1) is 10.8. The summed E-state index contributed by atoms with van der Waals surface area (Å²) in [6.45, 7) is 8.62. The van der Waals surface area contributed by atoms with E-state index in [2.05, 4.69) is 5.32 Å². The molecule has 136 valence electrons. The Labute approximate surface area is 140 Å². The molecule has 0 aromatic rings. The third kappa shape index (κ3) is 5.27. The third-order valence-corrected chi connectivity index (χ3v) is 3.13. The van der Waals surface area contributed by atoms with E-state index in [1.807, 2.05) is 13.8 Å². The molecule has 1 saturated heterocycles. The molecule has 0 aromatic carbocycles. The average molecular weight is 345 g/mol. The van der Waals surface area contributed by atoms with Crippen LogP contribution in [0.25, 0.3) is 0 Å². The first kappa shape index (κ1) is 20.0. The highest BCUT2D eigenvalue weighted by Crippen LogP contribution is 2.22. The third-order valence-electron chi connectivity index (χ3n) is 3.13. The van der Waals surface area contributed by atoms with Crippen molar-refractivity contribution in [1.82, 2.24) is 5.32 Å². The van der Waals surface area contributed by atoms with Gasteiger partial charge in [0.1, 0.15) is 16.5 Å². The number of carbonyl (C=O) groups is 4. The van der Waals surface area contributed by atoms with Gasteiger partial charge in [0.25, 0.3) is 0 Å². The van der Waals surface area contributed by atoms with Crippen LogP contribution in [-0.2, 0) is 24.0 Å². The Hall–Kier alpha value is -2.00. The standard InChI is InChI=1S/C15H24N2O7/c1-9(2)8-10(16-14(21)23-15(3,4)5)13(20)24-17(22)11(18)6-7-12(17)19/h9-10,22H,6-8H2,1-5H3/p+1/t10-/m0/s1. The Bertz CT molecular complexity index is 520. The Kier molecular flexibility index (Phi) is 6.07. The van der Waals surface area contributed by atoms with Crippen LogP contribution in [0.4, 0.5) is 4.79 Å². The summed E-state index contributed by atoms with van der Waals surface area (Å²) in [4.78, 5) is 50.0. The van der Waals surface area contributed by atoms with Crippen LogP contribution in [0.3, 0.4) is 0 Å². The number of rotatable bonds is 5. The van der Waals surface area contributed by atoms with Crippen molar-refractivity contribution in [3.05, 3.63) is 0 Å². The van der Waals surface area contributed by atoms with Crippen molar-refractivity contribution < 1.29 is 38.8 Å². The minimum absolute atomic E-state index is 0.00499. The van der Waals surface area contributed by atoms with Gasteiger partial charge in [-0.25, -0.2) is 24.0 Å². The van der Waals surface area contributed by atoms with Crippen molar-refractivity contribution in [1.29, 1.82) is 0 Å². The first-order valence-electron chi connectivity index (χ1n) is 7.76. The number of alkyl carbamates (subject to hydrolysis) is 1. The van der Waals surface area contributed by atoms with Crippen LogP contribution < -0.4 is 5.32 Å². The van der Waals surface area contributed by atoms with Crippen molar-refractivity contribution in [3.8, 4) is 0 Å². The number of hydroxylamine groups is 4. The van der Waals surface area contributed by atoms with Gasteiger partial charge in [0.2, 0.25) is 0 Å². The van der Waals surface area contributed by atoms with E-state index in [1.54, 1.807) is 20.8 Å². The molecule has 0 aromatic heterocycles. The molecular weight excluding hydrogens is 320 g/mol. The normalized spacial score (nSPS) is 18.5. The summed E-state index contributed by atoms with van der Waals surface area (Å²) < 4.78 is 5.08. The predicted octanol–water partition coefficient (Wildman–Crippen LogP) is 1.44. The highest BCUT2D eigenvalue weighted by atomic mass is 17.0. The van der Waals surface area contributed by atoms with Crippen LogP contribution in [0.1, 0.15) is 53.9 Å². The lowest BCUT2D eigenvalue weighted by atomic mass is 10.0. The fourth-order valence-electron chi connectivity index (χ4n) is 2.09. The molecule has 0 saturated carbocycles. The van der Waals surface area contributed by atoms with Crippen LogP contribution in [0, 0.1) is 5.92 Å². The van der Waals surface area contributed by atoms with Crippen molar-refractivity contribution in [2.24, 2.45) is 5.92 Å². The number of ether oxygens (including phenoxy) is 1. The topological polar surface area (TPSA) is 119 Å². The van der Waals surface area contributed by atoms with Crippen LogP contribution >= 0.6 is 0 Å². The molecule has 1 aliphatic rings. The van der Waals surface area contributed by atoms with Crippen molar-refractivity contribution in [2.75, 3.05) is 0 Å². The number of carbonyl (C=O) groups excluding carboxylic acids is 4. The molecule has 1 atom stereocenters. The van der Waals surface area contributed by atoms with E-state index in [1.165, 1.54) is 0 Å². The van der Waals surface area contributed by atoms with E-state index < -0.39 is 40.3 Å². The zero-order valence-corrected chi connectivity index (χ0v) is 14.6. The van der Waals surface area contributed by atoms with Crippen LogP contribution in [0.5, 0.6) is 0 Å². The molecule has 1 rings (SSSR count). The Balaban J connectivity index is 2.84. The molecule has 3 amide bonds. The molecule has 2 N–H and O–H groups in total. The van der Waals surface area contributed by atoms with E-state index in [9.17, 15) is 24.4 Å². The Morgan fingerprint density at radius 2 is 1.71 bits per heavy atom. The molecule has 9 nitrogen and oxygen atoms in total. The summed E-state index contributed by atoms with van der Waals surface area (Å²) in [6.07, 6.45) is -1.08. The molecule has 9 heteroatoms. The van der Waals surface area contributed by atoms with Crippen LogP contribution in [0.15, 0.2) is 0 Å². The smallest absolute Gasteiger partial charge is 0.408 e. The zero-order chi connectivity index (χ0) is 18.7. The number of amides is 3. The summed E-state index contributed by atoms with van der Waals surface area (Å²) in [5.74, 6) is -2.93. The van der Waals surface area contributed by atoms with Crippen LogP contribution in [-0.4, -0.2) is 45.5 Å². The highest BCUT2D eigenvalue weighted by Gasteiger charge is 2.56. The van der Waals surface area contributed by atoms with E-state index >= 15 is 0 Å². The lowest BCUT2D eigenvalue weighted by Crippen LogP contribution is -2.54. The van der Waals surface area contributed by atoms with Gasteiger partial charge in [-0.15, -0.1) is 0 Å². The van der Waals surface area contributed by atoms with E-state index in [0.717, 1.165) is 0 Å². The van der Waals surface area contributed by atoms with Gasteiger partial charge in [0.05, 0.1) is 12.8 Å². The number of nitrogens with one attached hydrogen (secondary N) is 1. The summed E-state index contributed by atoms with van der Waals surface area (Å²) in [5, 5.41) is 12.3. The minimum atomic E-state index is -2.01. The van der Waals surface area contributed by atoms with Gasteiger partial charge in [-0.05, 0) is 33.1 Å². The molecule has 0 bridgehead atoms. The summed E-state index contributed by atoms with van der Waals surface area (Å²) in [7, 11) is 0. The van der Waals surface area contributed by atoms with Crippen molar-refractivity contribution >= 4 is 23.9 Å². The maximum absolute atomic E-state index is 12.3. The Morgan fingerprint density at radius 3 is 2.12 bits per heavy atom. The van der Waals surface area contributed by atoms with Gasteiger partial charge in [-0.2, -0.15) is 5.21 Å². The molecule has 0 radical (unpaired) electrons. The quantitative estimate of drug-likeness (QED) is 0.439. The largest absolute Gasteiger partial charge is 0.444 e. The Morgan fingerprint density at radius 1 is 1.21 bits per heavy atom. The number of imide groups is 1. The van der Waals surface area contributed by atoms with E-state index in [0.29, 0.717) is 0 Å². The summed E-state index contributed by atoms with van der Waals surface area (Å²) in [6, 6.07) is -1.16. The highest BCUT2D eigenvalue weighted by molar-refractivity contribution is 5.91. The second kappa shape index (κ2) is 7.27. The summed E-state index contributed by atoms with van der Waals surface area (Å²) in [5.41, 5.74) is -0.762. The van der Waals surface area contributed by atoms with Gasteiger partial charge >= 0.3 is 23.9 Å². The number of nitrogens with zero attached hydrogens (tertiary/aromatic N) is 1. The predicted molar refractivity (Wildman–Crippen MR) is 80.0 cm³/mol. The number of hydrogen-bond donors (Lipinski definition) is 2. The summed E-state index contributed by atoms with van der Waals surface area (Å²) >= 11 is 0. The SMILES string of the molecule is CC(C)C[C@H](NC(=O)OC(C)(C)C)C(=O)O[N+]1(O)C(=O)CCC1=O. The maximum Gasteiger partial charge on any atom is 0.408 e.